The van der Waals surface area contributed by atoms with Gasteiger partial charge in [-0.05, 0) is 30.3 Å². The molecule has 6 heteroatoms. The zero-order valence-corrected chi connectivity index (χ0v) is 11.4. The number of hydrogen-bond acceptors (Lipinski definition) is 2. The lowest BCUT2D eigenvalue weighted by Crippen LogP contribution is -2.08. The molecule has 2 rings (SSSR count). The highest BCUT2D eigenvalue weighted by molar-refractivity contribution is 6.31. The lowest BCUT2D eigenvalue weighted by Gasteiger charge is -2.13. The predicted octanol–water partition coefficient (Wildman–Crippen LogP) is 4.14. The first-order valence-corrected chi connectivity index (χ1v) is 6.26. The van der Waals surface area contributed by atoms with Crippen molar-refractivity contribution in [2.45, 2.75) is 12.7 Å². The molecule has 0 spiro atoms. The van der Waals surface area contributed by atoms with E-state index < -0.39 is 11.7 Å². The summed E-state index contributed by atoms with van der Waals surface area (Å²) in [6.07, 6.45) is -2.09. The zero-order valence-electron chi connectivity index (χ0n) is 10.6. The van der Waals surface area contributed by atoms with Gasteiger partial charge < -0.3 is 5.32 Å². The Kier molecular flexibility index (Phi) is 4.30. The van der Waals surface area contributed by atoms with E-state index in [0.29, 0.717) is 17.1 Å². The summed E-state index contributed by atoms with van der Waals surface area (Å²) in [5.41, 5.74) is 0.536. The quantitative estimate of drug-likeness (QED) is 0.921. The fourth-order valence-corrected chi connectivity index (χ4v) is 2.17. The molecule has 1 aromatic heterocycles. The van der Waals surface area contributed by atoms with Gasteiger partial charge in [-0.3, -0.25) is 4.98 Å². The van der Waals surface area contributed by atoms with E-state index in [1.165, 1.54) is 12.3 Å². The number of rotatable bonds is 3. The molecule has 0 saturated carbocycles. The van der Waals surface area contributed by atoms with E-state index in [1.807, 2.05) is 0 Å². The van der Waals surface area contributed by atoms with Crippen molar-refractivity contribution in [3.05, 3.63) is 52.8 Å². The van der Waals surface area contributed by atoms with Gasteiger partial charge in [0, 0.05) is 29.5 Å². The van der Waals surface area contributed by atoms with Crippen LogP contribution in [0.4, 0.5) is 13.2 Å². The molecule has 0 atom stereocenters. The number of pyridine rings is 1. The molecule has 0 bridgehead atoms. The summed E-state index contributed by atoms with van der Waals surface area (Å²) >= 11 is 6.08. The Morgan fingerprint density at radius 2 is 2.00 bits per heavy atom. The van der Waals surface area contributed by atoms with E-state index in [2.05, 4.69) is 10.3 Å². The van der Waals surface area contributed by atoms with Crippen molar-refractivity contribution in [3.63, 3.8) is 0 Å². The fourth-order valence-electron chi connectivity index (χ4n) is 1.92. The van der Waals surface area contributed by atoms with Gasteiger partial charge in [-0.2, -0.15) is 13.2 Å². The van der Waals surface area contributed by atoms with E-state index in [4.69, 9.17) is 11.6 Å². The van der Waals surface area contributed by atoms with Gasteiger partial charge in [-0.1, -0.05) is 23.7 Å². The fraction of sp³-hybridized carbons (Fsp3) is 0.214. The smallest absolute Gasteiger partial charge is 0.316 e. The van der Waals surface area contributed by atoms with E-state index in [9.17, 15) is 13.2 Å². The van der Waals surface area contributed by atoms with Crippen molar-refractivity contribution in [3.8, 4) is 11.1 Å². The Balaban J connectivity index is 2.50. The van der Waals surface area contributed by atoms with Crippen molar-refractivity contribution < 1.29 is 13.2 Å². The van der Waals surface area contributed by atoms with Crippen molar-refractivity contribution in [2.24, 2.45) is 0 Å². The second-order valence-corrected chi connectivity index (χ2v) is 4.66. The minimum absolute atomic E-state index is 0.0258. The molecule has 0 aliphatic heterocycles. The first-order valence-electron chi connectivity index (χ1n) is 5.88. The number of aromatic nitrogens is 1. The molecule has 0 aliphatic rings. The summed E-state index contributed by atoms with van der Waals surface area (Å²) in [6.45, 7) is 0.554. The highest BCUT2D eigenvalue weighted by atomic mass is 35.5. The SMILES string of the molecule is CNCc1ccc(-c2cnccc2C(F)(F)F)cc1Cl. The molecule has 2 aromatic rings. The van der Waals surface area contributed by atoms with Crippen LogP contribution in [-0.2, 0) is 12.7 Å². The van der Waals surface area contributed by atoms with Crippen molar-refractivity contribution >= 4 is 11.6 Å². The van der Waals surface area contributed by atoms with Gasteiger partial charge in [0.25, 0.3) is 0 Å². The third-order valence-electron chi connectivity index (χ3n) is 2.86. The van der Waals surface area contributed by atoms with Gasteiger partial charge in [0.15, 0.2) is 0 Å². The van der Waals surface area contributed by atoms with Gasteiger partial charge in [-0.15, -0.1) is 0 Å². The normalized spacial score (nSPS) is 11.7. The minimum Gasteiger partial charge on any atom is -0.316 e. The van der Waals surface area contributed by atoms with Crippen LogP contribution in [0.25, 0.3) is 11.1 Å². The van der Waals surface area contributed by atoms with Crippen LogP contribution in [0.2, 0.25) is 5.02 Å². The maximum Gasteiger partial charge on any atom is 0.417 e. The zero-order chi connectivity index (χ0) is 14.8. The lowest BCUT2D eigenvalue weighted by molar-refractivity contribution is -0.137. The molecule has 0 amide bonds. The monoisotopic (exact) mass is 300 g/mol. The summed E-state index contributed by atoms with van der Waals surface area (Å²) in [5, 5.41) is 3.37. The topological polar surface area (TPSA) is 24.9 Å². The molecule has 0 aliphatic carbocycles. The summed E-state index contributed by atoms with van der Waals surface area (Å²) in [5.74, 6) is 0. The van der Waals surface area contributed by atoms with Crippen LogP contribution in [0.5, 0.6) is 0 Å². The minimum atomic E-state index is -4.42. The molecule has 20 heavy (non-hydrogen) atoms. The van der Waals surface area contributed by atoms with E-state index >= 15 is 0 Å². The molecular formula is C14H12ClF3N2. The summed E-state index contributed by atoms with van der Waals surface area (Å²) < 4.78 is 38.9. The molecule has 1 heterocycles. The standard InChI is InChI=1S/C14H12ClF3N2/c1-19-7-10-3-2-9(6-13(10)15)11-8-20-5-4-12(11)14(16,17)18/h2-6,8,19H,7H2,1H3. The first kappa shape index (κ1) is 14.8. The number of nitrogens with one attached hydrogen (secondary N) is 1. The molecule has 1 N–H and O–H groups in total. The molecular weight excluding hydrogens is 289 g/mol. The van der Waals surface area contributed by atoms with Gasteiger partial charge >= 0.3 is 6.18 Å². The summed E-state index contributed by atoms with van der Waals surface area (Å²) in [4.78, 5) is 3.77. The Morgan fingerprint density at radius 3 is 2.60 bits per heavy atom. The van der Waals surface area contributed by atoms with Crippen LogP contribution in [0.3, 0.4) is 0 Å². The maximum absolute atomic E-state index is 13.0. The van der Waals surface area contributed by atoms with Crippen LogP contribution in [0, 0.1) is 0 Å². The second kappa shape index (κ2) is 5.81. The van der Waals surface area contributed by atoms with E-state index in [-0.39, 0.29) is 5.56 Å². The summed E-state index contributed by atoms with van der Waals surface area (Å²) in [6, 6.07) is 5.82. The Hall–Kier alpha value is -1.59. The molecule has 2 nitrogen and oxygen atoms in total. The van der Waals surface area contributed by atoms with Crippen LogP contribution >= 0.6 is 11.6 Å². The average molecular weight is 301 g/mol. The maximum atomic E-state index is 13.0. The van der Waals surface area contributed by atoms with Gasteiger partial charge in [-0.25, -0.2) is 0 Å². The number of halogens is 4. The highest BCUT2D eigenvalue weighted by Gasteiger charge is 2.33. The predicted molar refractivity (Wildman–Crippen MR) is 72.4 cm³/mol. The second-order valence-electron chi connectivity index (χ2n) is 4.26. The van der Waals surface area contributed by atoms with Gasteiger partial charge in [0.1, 0.15) is 0 Å². The van der Waals surface area contributed by atoms with Crippen molar-refractivity contribution in [1.29, 1.82) is 0 Å². The average Bonchev–Trinajstić information content (AvgIpc) is 2.40. The third kappa shape index (κ3) is 3.11. The van der Waals surface area contributed by atoms with Crippen molar-refractivity contribution in [1.82, 2.24) is 10.3 Å². The Morgan fingerprint density at radius 1 is 1.25 bits per heavy atom. The third-order valence-corrected chi connectivity index (χ3v) is 3.21. The van der Waals surface area contributed by atoms with Crippen LogP contribution in [0.1, 0.15) is 11.1 Å². The van der Waals surface area contributed by atoms with Gasteiger partial charge in [0.2, 0.25) is 0 Å². The van der Waals surface area contributed by atoms with Crippen LogP contribution in [0.15, 0.2) is 36.7 Å². The lowest BCUT2D eigenvalue weighted by atomic mass is 10.0. The van der Waals surface area contributed by atoms with Crippen LogP contribution in [-0.4, -0.2) is 12.0 Å². The number of benzene rings is 1. The molecule has 0 unspecified atom stereocenters. The number of hydrogen-bond donors (Lipinski definition) is 1. The molecule has 1 aromatic carbocycles. The molecule has 0 fully saturated rings. The largest absolute Gasteiger partial charge is 0.417 e. The van der Waals surface area contributed by atoms with Crippen LogP contribution < -0.4 is 5.32 Å². The van der Waals surface area contributed by atoms with Crippen molar-refractivity contribution in [2.75, 3.05) is 7.05 Å². The first-order chi connectivity index (χ1) is 9.43. The Labute approximate surface area is 119 Å². The summed E-state index contributed by atoms with van der Waals surface area (Å²) in [7, 11) is 1.77. The molecule has 106 valence electrons. The molecule has 0 saturated heterocycles. The number of nitrogens with zero attached hydrogens (tertiary/aromatic N) is 1. The van der Waals surface area contributed by atoms with E-state index in [0.717, 1.165) is 17.8 Å². The molecule has 0 radical (unpaired) electrons. The highest BCUT2D eigenvalue weighted by Crippen LogP contribution is 2.37. The number of alkyl halides is 3. The van der Waals surface area contributed by atoms with Gasteiger partial charge in [0.05, 0.1) is 5.56 Å². The van der Waals surface area contributed by atoms with E-state index in [1.54, 1.807) is 19.2 Å². The Bertz CT molecular complexity index is 612.